The van der Waals surface area contributed by atoms with Gasteiger partial charge < -0.3 is 10.4 Å². The maximum Gasteiger partial charge on any atom is 0.308 e. The molecule has 0 aliphatic carbocycles. The molecule has 3 atom stereocenters. The van der Waals surface area contributed by atoms with Gasteiger partial charge in [-0.3, -0.25) is 23.7 Å². The number of carbonyl (C=O) groups excluding carboxylic acids is 3. The Hall–Kier alpha value is -3.19. The van der Waals surface area contributed by atoms with E-state index in [9.17, 15) is 24.3 Å². The van der Waals surface area contributed by atoms with E-state index in [-0.39, 0.29) is 29.0 Å². The number of hydrogen-bond acceptors (Lipinski definition) is 7. The Labute approximate surface area is 253 Å². The van der Waals surface area contributed by atoms with E-state index < -0.39 is 23.0 Å². The fourth-order valence-corrected chi connectivity index (χ4v) is 8.50. The van der Waals surface area contributed by atoms with E-state index in [1.807, 2.05) is 24.3 Å². The third-order valence-corrected chi connectivity index (χ3v) is 10.4. The van der Waals surface area contributed by atoms with Crippen LogP contribution in [-0.4, -0.2) is 32.6 Å². The van der Waals surface area contributed by atoms with Crippen LogP contribution in [0.1, 0.15) is 16.4 Å². The van der Waals surface area contributed by atoms with E-state index in [0.29, 0.717) is 21.3 Å². The molecule has 3 heterocycles. The first-order valence-electron chi connectivity index (χ1n) is 12.1. The minimum absolute atomic E-state index is 0.0682. The van der Waals surface area contributed by atoms with Crippen molar-refractivity contribution in [1.29, 1.82) is 0 Å². The number of amides is 3. The lowest BCUT2D eigenvalue weighted by molar-refractivity contribution is -0.122. The van der Waals surface area contributed by atoms with Crippen molar-refractivity contribution < 1.29 is 19.5 Å². The van der Waals surface area contributed by atoms with Crippen LogP contribution in [0.2, 0.25) is 0 Å². The number of imide groups is 1. The molecule has 0 unspecified atom stereocenters. The number of anilines is 2. The molecule has 2 aliphatic rings. The van der Waals surface area contributed by atoms with Crippen molar-refractivity contribution in [3.8, 4) is 5.75 Å². The molecular formula is C28H19Br2N3O5S2. The smallest absolute Gasteiger partial charge is 0.308 e. The van der Waals surface area contributed by atoms with Gasteiger partial charge in [0.2, 0.25) is 17.7 Å². The van der Waals surface area contributed by atoms with Crippen LogP contribution in [0, 0.1) is 5.92 Å². The normalized spacial score (nSPS) is 19.9. The predicted molar refractivity (Wildman–Crippen MR) is 161 cm³/mol. The van der Waals surface area contributed by atoms with Gasteiger partial charge in [-0.05, 0) is 66.2 Å². The molecule has 0 bridgehead atoms. The van der Waals surface area contributed by atoms with Gasteiger partial charge in [0.1, 0.15) is 17.5 Å². The van der Waals surface area contributed by atoms with Crippen LogP contribution >= 0.6 is 55.0 Å². The zero-order valence-electron chi connectivity index (χ0n) is 20.4. The summed E-state index contributed by atoms with van der Waals surface area (Å²) in [5.74, 6) is -2.31. The number of phenolic OH excluding ortho intramolecular Hbond substituents is 1. The Morgan fingerprint density at radius 2 is 1.65 bits per heavy atom. The highest BCUT2D eigenvalue weighted by Crippen LogP contribution is 2.54. The molecule has 1 saturated heterocycles. The lowest BCUT2D eigenvalue weighted by Gasteiger charge is -2.30. The molecule has 0 saturated carbocycles. The average molecular weight is 701 g/mol. The van der Waals surface area contributed by atoms with Gasteiger partial charge in [-0.15, -0.1) is 0 Å². The van der Waals surface area contributed by atoms with Crippen LogP contribution < -0.4 is 15.1 Å². The molecule has 6 rings (SSSR count). The van der Waals surface area contributed by atoms with Crippen molar-refractivity contribution in [3.05, 3.63) is 102 Å². The number of nitrogens with one attached hydrogen (secondary N) is 1. The number of carbonyl (C=O) groups is 3. The van der Waals surface area contributed by atoms with E-state index in [2.05, 4.69) is 37.2 Å². The van der Waals surface area contributed by atoms with Crippen molar-refractivity contribution in [1.82, 2.24) is 4.57 Å². The summed E-state index contributed by atoms with van der Waals surface area (Å²) in [6, 6.07) is 20.5. The molecule has 0 radical (unpaired) electrons. The number of thiazole rings is 1. The number of benzene rings is 3. The highest BCUT2D eigenvalue weighted by Gasteiger charge is 2.56. The van der Waals surface area contributed by atoms with E-state index in [0.717, 1.165) is 25.8 Å². The second kappa shape index (κ2) is 10.7. The van der Waals surface area contributed by atoms with Gasteiger partial charge in [0, 0.05) is 25.4 Å². The van der Waals surface area contributed by atoms with Crippen molar-refractivity contribution >= 4 is 84.1 Å². The Bertz CT molecular complexity index is 1720. The molecule has 2 N–H and O–H groups in total. The molecule has 40 heavy (non-hydrogen) atoms. The number of thioether (sulfide) groups is 1. The fourth-order valence-electron chi connectivity index (χ4n) is 5.05. The first-order chi connectivity index (χ1) is 19.2. The van der Waals surface area contributed by atoms with Gasteiger partial charge in [-0.25, -0.2) is 4.90 Å². The number of aromatic hydroxyl groups is 1. The van der Waals surface area contributed by atoms with E-state index >= 15 is 0 Å². The van der Waals surface area contributed by atoms with E-state index in [1.54, 1.807) is 36.4 Å². The zero-order valence-corrected chi connectivity index (χ0v) is 25.2. The summed E-state index contributed by atoms with van der Waals surface area (Å²) in [7, 11) is 0. The molecule has 4 aromatic rings. The zero-order chi connectivity index (χ0) is 28.1. The van der Waals surface area contributed by atoms with Crippen LogP contribution in [0.4, 0.5) is 11.4 Å². The van der Waals surface area contributed by atoms with Crippen molar-refractivity contribution in [2.45, 2.75) is 22.7 Å². The summed E-state index contributed by atoms with van der Waals surface area (Å²) in [4.78, 5) is 55.4. The third kappa shape index (κ3) is 4.83. The minimum atomic E-state index is -0.770. The molecule has 1 aromatic heterocycles. The summed E-state index contributed by atoms with van der Waals surface area (Å²) in [6.45, 7) is -0.264. The minimum Gasteiger partial charge on any atom is -0.508 e. The fraction of sp³-hybridized carbons (Fsp3) is 0.143. The average Bonchev–Trinajstić information content (AvgIpc) is 3.36. The Kier molecular flexibility index (Phi) is 7.19. The summed E-state index contributed by atoms with van der Waals surface area (Å²) in [6.07, 6.45) is 0. The number of aromatic nitrogens is 1. The van der Waals surface area contributed by atoms with Crippen molar-refractivity contribution in [2.24, 2.45) is 5.92 Å². The largest absolute Gasteiger partial charge is 0.508 e. The number of halogens is 2. The van der Waals surface area contributed by atoms with Crippen LogP contribution in [0.25, 0.3) is 0 Å². The number of nitrogens with zero attached hydrogens (tertiary/aromatic N) is 2. The number of rotatable bonds is 5. The molecular weight excluding hydrogens is 682 g/mol. The first kappa shape index (κ1) is 27.0. The molecule has 1 fully saturated rings. The summed E-state index contributed by atoms with van der Waals surface area (Å²) in [5, 5.41) is 12.0. The van der Waals surface area contributed by atoms with E-state index in [4.69, 9.17) is 0 Å². The molecule has 8 nitrogen and oxygen atoms in total. The second-order valence-electron chi connectivity index (χ2n) is 9.30. The summed E-state index contributed by atoms with van der Waals surface area (Å²) >= 11 is 9.07. The molecule has 202 valence electrons. The Morgan fingerprint density at radius 3 is 2.35 bits per heavy atom. The first-order valence-corrected chi connectivity index (χ1v) is 15.4. The maximum absolute atomic E-state index is 13.9. The summed E-state index contributed by atoms with van der Waals surface area (Å²) in [5.41, 5.74) is 1.75. The third-order valence-electron chi connectivity index (χ3n) is 6.79. The molecule has 3 aromatic carbocycles. The standard InChI is InChI=1S/C28H19Br2N3O5S2/c29-15-4-8-18(9-5-15)33-25(36)22-21(14-2-1-3-16(30)12-14)24-27(39-23(22)26(33)37)32(28(38)40-24)13-20(35)31-17-6-10-19(34)11-7-17/h1-12,21-23,34H,13H2,(H,31,35)/t21-,22-,23+/m0/s1. The summed E-state index contributed by atoms with van der Waals surface area (Å²) < 4.78 is 3.01. The topological polar surface area (TPSA) is 109 Å². The van der Waals surface area contributed by atoms with Gasteiger partial charge in [0.25, 0.3) is 0 Å². The Morgan fingerprint density at radius 1 is 0.925 bits per heavy atom. The lowest BCUT2D eigenvalue weighted by atomic mass is 9.83. The quantitative estimate of drug-likeness (QED) is 0.208. The molecule has 12 heteroatoms. The van der Waals surface area contributed by atoms with Gasteiger partial charge in [-0.2, -0.15) is 0 Å². The number of hydrogen-bond donors (Lipinski definition) is 2. The maximum atomic E-state index is 13.9. The Balaban J connectivity index is 1.41. The van der Waals surface area contributed by atoms with E-state index in [1.165, 1.54) is 33.4 Å². The second-order valence-corrected chi connectivity index (χ2v) is 13.3. The van der Waals surface area contributed by atoms with Gasteiger partial charge in [0.05, 0.1) is 16.6 Å². The van der Waals surface area contributed by atoms with Crippen LogP contribution in [-0.2, 0) is 20.9 Å². The molecule has 2 aliphatic heterocycles. The monoisotopic (exact) mass is 699 g/mol. The van der Waals surface area contributed by atoms with Crippen LogP contribution in [0.15, 0.2) is 91.6 Å². The SMILES string of the molecule is O=C(Cn1c2c(sc1=O)[C@@H](c1cccc(Br)c1)[C@@H]1C(=O)N(c3ccc(Br)cc3)C(=O)[C@@H]1S2)Nc1ccc(O)cc1. The van der Waals surface area contributed by atoms with Gasteiger partial charge in [-0.1, -0.05) is 67.1 Å². The molecule has 3 amide bonds. The van der Waals surface area contributed by atoms with Crippen LogP contribution in [0.3, 0.4) is 0 Å². The lowest BCUT2D eigenvalue weighted by Crippen LogP contribution is -2.33. The number of fused-ring (bicyclic) bond motifs is 2. The highest BCUT2D eigenvalue weighted by atomic mass is 79.9. The number of phenols is 1. The predicted octanol–water partition coefficient (Wildman–Crippen LogP) is 5.57. The van der Waals surface area contributed by atoms with Gasteiger partial charge >= 0.3 is 4.87 Å². The van der Waals surface area contributed by atoms with Gasteiger partial charge in [0.15, 0.2) is 0 Å². The van der Waals surface area contributed by atoms with Crippen LogP contribution in [0.5, 0.6) is 5.75 Å². The van der Waals surface area contributed by atoms with Crippen molar-refractivity contribution in [3.63, 3.8) is 0 Å². The molecule has 0 spiro atoms. The highest BCUT2D eigenvalue weighted by molar-refractivity contribution is 9.10. The van der Waals surface area contributed by atoms with Crippen molar-refractivity contribution in [2.75, 3.05) is 10.2 Å².